The number of amides is 1. The van der Waals surface area contributed by atoms with Gasteiger partial charge in [0.1, 0.15) is 0 Å². The number of ether oxygens (including phenoxy) is 1. The molecule has 2 N–H and O–H groups in total. The molecule has 0 saturated heterocycles. The Morgan fingerprint density at radius 2 is 1.83 bits per heavy atom. The summed E-state index contributed by atoms with van der Waals surface area (Å²) in [6, 6.07) is 6.22. The predicted molar refractivity (Wildman–Crippen MR) is 111 cm³/mol. The van der Waals surface area contributed by atoms with Crippen LogP contribution in [-0.4, -0.2) is 40.9 Å². The number of benzene rings is 1. The summed E-state index contributed by atoms with van der Waals surface area (Å²) >= 11 is 0. The van der Waals surface area contributed by atoms with Crippen molar-refractivity contribution in [1.29, 1.82) is 0 Å². The van der Waals surface area contributed by atoms with Crippen LogP contribution >= 0.6 is 0 Å². The fourth-order valence-electron chi connectivity index (χ4n) is 3.73. The monoisotopic (exact) mass is 433 g/mol. The van der Waals surface area contributed by atoms with Crippen LogP contribution in [0, 0.1) is 0 Å². The van der Waals surface area contributed by atoms with Gasteiger partial charge in [0.05, 0.1) is 29.6 Å². The van der Waals surface area contributed by atoms with Crippen LogP contribution < -0.4 is 10.2 Å². The molecule has 0 unspecified atom stereocenters. The molecule has 0 bridgehead atoms. The third-order valence-electron chi connectivity index (χ3n) is 5.53. The highest BCUT2D eigenvalue weighted by Crippen LogP contribution is 2.39. The van der Waals surface area contributed by atoms with E-state index < -0.39 is 20.5 Å². The van der Waals surface area contributed by atoms with Crippen molar-refractivity contribution in [3.05, 3.63) is 36.7 Å². The number of hydrogen-bond donors (Lipinski definition) is 2. The Morgan fingerprint density at radius 3 is 2.40 bits per heavy atom. The number of nitrogens with zero attached hydrogens (tertiary/aromatic N) is 2. The fraction of sp³-hybridized carbons (Fsp3) is 0.476. The van der Waals surface area contributed by atoms with Gasteiger partial charge >= 0.3 is 0 Å². The average Bonchev–Trinajstić information content (AvgIpc) is 2.79. The Bertz CT molecular complexity index is 953. The van der Waals surface area contributed by atoms with Gasteiger partial charge in [-0.2, -0.15) is 0 Å². The van der Waals surface area contributed by atoms with Crippen molar-refractivity contribution in [2.75, 3.05) is 6.61 Å². The van der Waals surface area contributed by atoms with E-state index in [-0.39, 0.29) is 17.7 Å². The van der Waals surface area contributed by atoms with Crippen molar-refractivity contribution >= 4 is 15.7 Å². The zero-order chi connectivity index (χ0) is 21.6. The summed E-state index contributed by atoms with van der Waals surface area (Å²) in [4.78, 5) is 21.0. The summed E-state index contributed by atoms with van der Waals surface area (Å²) < 4.78 is 30.5. The molecule has 1 fully saturated rings. The maximum absolute atomic E-state index is 13.3. The van der Waals surface area contributed by atoms with Crippen molar-refractivity contribution in [1.82, 2.24) is 15.4 Å². The molecule has 8 nitrogen and oxygen atoms in total. The Morgan fingerprint density at radius 1 is 1.13 bits per heavy atom. The highest BCUT2D eigenvalue weighted by atomic mass is 32.2. The van der Waals surface area contributed by atoms with Gasteiger partial charge in [-0.15, -0.1) is 0 Å². The summed E-state index contributed by atoms with van der Waals surface area (Å²) in [7, 11) is -3.98. The van der Waals surface area contributed by atoms with Gasteiger partial charge in [-0.1, -0.05) is 44.7 Å². The lowest BCUT2D eigenvalue weighted by molar-refractivity contribution is -0.132. The third-order valence-corrected chi connectivity index (χ3v) is 8.04. The van der Waals surface area contributed by atoms with E-state index in [1.807, 2.05) is 0 Å². The lowest BCUT2D eigenvalue weighted by atomic mass is 9.88. The van der Waals surface area contributed by atoms with Gasteiger partial charge in [-0.3, -0.25) is 10.0 Å². The summed E-state index contributed by atoms with van der Waals surface area (Å²) in [6.07, 6.45) is 7.57. The number of unbranched alkanes of at least 4 members (excludes halogenated alkanes) is 1. The van der Waals surface area contributed by atoms with Gasteiger partial charge in [0.2, 0.25) is 5.88 Å². The molecule has 0 spiro atoms. The van der Waals surface area contributed by atoms with Crippen molar-refractivity contribution in [3.8, 4) is 17.1 Å². The number of sulfone groups is 1. The normalized spacial score (nSPS) is 16.1. The van der Waals surface area contributed by atoms with Crippen molar-refractivity contribution in [2.45, 2.75) is 61.5 Å². The molecule has 2 aromatic rings. The number of nitrogens with one attached hydrogen (secondary N) is 1. The molecule has 162 valence electrons. The topological polar surface area (TPSA) is 118 Å². The Hall–Kier alpha value is -2.52. The van der Waals surface area contributed by atoms with Crippen molar-refractivity contribution in [2.24, 2.45) is 0 Å². The van der Waals surface area contributed by atoms with E-state index in [0.717, 1.165) is 19.3 Å². The minimum Gasteiger partial charge on any atom is -0.477 e. The minimum atomic E-state index is -3.98. The molecule has 0 aliphatic heterocycles. The summed E-state index contributed by atoms with van der Waals surface area (Å²) in [5.74, 6) is -0.420. The Kier molecular flexibility index (Phi) is 7.04. The average molecular weight is 434 g/mol. The van der Waals surface area contributed by atoms with Gasteiger partial charge in [0, 0.05) is 5.56 Å². The first-order valence-corrected chi connectivity index (χ1v) is 11.7. The van der Waals surface area contributed by atoms with Crippen molar-refractivity contribution in [3.63, 3.8) is 0 Å². The summed E-state index contributed by atoms with van der Waals surface area (Å²) in [6.45, 7) is 2.66. The molecule has 3 rings (SSSR count). The Balaban J connectivity index is 1.83. The zero-order valence-electron chi connectivity index (χ0n) is 17.0. The molecule has 1 saturated carbocycles. The first kappa shape index (κ1) is 22.2. The predicted octanol–water partition coefficient (Wildman–Crippen LogP) is 3.30. The van der Waals surface area contributed by atoms with E-state index in [1.165, 1.54) is 18.3 Å². The first-order chi connectivity index (χ1) is 14.4. The maximum Gasteiger partial charge on any atom is 0.265 e. The second kappa shape index (κ2) is 9.53. The number of carbonyl (C=O) groups excluding carboxylic acids is 1. The number of carbonyl (C=O) groups is 1. The van der Waals surface area contributed by atoms with Gasteiger partial charge in [0.15, 0.2) is 14.6 Å². The molecule has 9 heteroatoms. The third kappa shape index (κ3) is 4.32. The SMILES string of the molecule is CCCCOc1cnc(-c2ccc(S(=O)(=O)C3(C(=O)NO)CCCCC3)cc2)cn1. The van der Waals surface area contributed by atoms with Gasteiger partial charge in [-0.05, 0) is 31.4 Å². The smallest absolute Gasteiger partial charge is 0.265 e. The number of hydroxylamine groups is 1. The van der Waals surface area contributed by atoms with E-state index in [1.54, 1.807) is 23.8 Å². The van der Waals surface area contributed by atoms with Crippen LogP contribution in [0.3, 0.4) is 0 Å². The molecule has 0 radical (unpaired) electrons. The van der Waals surface area contributed by atoms with E-state index >= 15 is 0 Å². The Labute approximate surface area is 176 Å². The van der Waals surface area contributed by atoms with Crippen LogP contribution in [-0.2, 0) is 14.6 Å². The number of hydrogen-bond acceptors (Lipinski definition) is 7. The van der Waals surface area contributed by atoms with Crippen LogP contribution in [0.15, 0.2) is 41.6 Å². The number of rotatable bonds is 8. The van der Waals surface area contributed by atoms with E-state index in [4.69, 9.17) is 9.94 Å². The molecule has 0 atom stereocenters. The van der Waals surface area contributed by atoms with Crippen molar-refractivity contribution < 1.29 is 23.2 Å². The van der Waals surface area contributed by atoms with Crippen LogP contribution in [0.5, 0.6) is 5.88 Å². The van der Waals surface area contributed by atoms with E-state index in [9.17, 15) is 13.2 Å². The molecule has 1 aliphatic carbocycles. The second-order valence-electron chi connectivity index (χ2n) is 7.47. The minimum absolute atomic E-state index is 0.0456. The maximum atomic E-state index is 13.3. The van der Waals surface area contributed by atoms with Crippen LogP contribution in [0.1, 0.15) is 51.9 Å². The quantitative estimate of drug-likeness (QED) is 0.372. The molecule has 1 aromatic heterocycles. The molecule has 30 heavy (non-hydrogen) atoms. The summed E-state index contributed by atoms with van der Waals surface area (Å²) in [5.41, 5.74) is 2.85. The van der Waals surface area contributed by atoms with Crippen LogP contribution in [0.2, 0.25) is 0 Å². The van der Waals surface area contributed by atoms with Crippen LogP contribution in [0.4, 0.5) is 0 Å². The number of aromatic nitrogens is 2. The van der Waals surface area contributed by atoms with E-state index in [0.29, 0.717) is 36.6 Å². The van der Waals surface area contributed by atoms with Gasteiger partial charge in [0.25, 0.3) is 5.91 Å². The lowest BCUT2D eigenvalue weighted by Crippen LogP contribution is -2.52. The fourth-order valence-corrected chi connectivity index (χ4v) is 5.80. The van der Waals surface area contributed by atoms with E-state index in [2.05, 4.69) is 16.9 Å². The largest absolute Gasteiger partial charge is 0.477 e. The second-order valence-corrected chi connectivity index (χ2v) is 9.73. The first-order valence-electron chi connectivity index (χ1n) is 10.2. The molecular formula is C21H27N3O5S. The van der Waals surface area contributed by atoms with Gasteiger partial charge in [-0.25, -0.2) is 23.9 Å². The summed E-state index contributed by atoms with van der Waals surface area (Å²) in [5, 5.41) is 9.16. The van der Waals surface area contributed by atoms with Crippen LogP contribution in [0.25, 0.3) is 11.3 Å². The molecular weight excluding hydrogens is 406 g/mol. The highest BCUT2D eigenvalue weighted by Gasteiger charge is 2.51. The zero-order valence-corrected chi connectivity index (χ0v) is 17.8. The molecule has 1 aliphatic rings. The molecule has 1 amide bonds. The van der Waals surface area contributed by atoms with Gasteiger partial charge < -0.3 is 4.74 Å². The highest BCUT2D eigenvalue weighted by molar-refractivity contribution is 7.93. The standard InChI is InChI=1S/C21H27N3O5S/c1-2-3-13-29-19-15-22-18(14-23-19)16-7-9-17(10-8-16)30(27,28)21(20(25)24-26)11-5-4-6-12-21/h7-10,14-15,26H,2-6,11-13H2,1H3,(H,24,25). The molecule has 1 aromatic carbocycles. The lowest BCUT2D eigenvalue weighted by Gasteiger charge is -2.34. The molecule has 1 heterocycles.